The smallest absolute Gasteiger partial charge is 0.416 e. The fourth-order valence-electron chi connectivity index (χ4n) is 3.67. The highest BCUT2D eigenvalue weighted by molar-refractivity contribution is 8.26. The maximum Gasteiger partial charge on any atom is 0.416 e. The van der Waals surface area contributed by atoms with Crippen LogP contribution in [0.25, 0.3) is 17.2 Å². The lowest BCUT2D eigenvalue weighted by Crippen LogP contribution is -2.37. The van der Waals surface area contributed by atoms with Gasteiger partial charge in [0.25, 0.3) is 11.8 Å². The minimum atomic E-state index is -4.98. The molecular weight excluding hydrogens is 614 g/mol. The molecule has 2 heterocycles. The Hall–Kier alpha value is -3.69. The van der Waals surface area contributed by atoms with Crippen molar-refractivity contribution in [1.29, 1.82) is 0 Å². The molecule has 0 bridgehead atoms. The number of alkyl halides is 6. The van der Waals surface area contributed by atoms with E-state index in [-0.39, 0.29) is 50.6 Å². The van der Waals surface area contributed by atoms with Crippen molar-refractivity contribution in [3.8, 4) is 11.1 Å². The summed E-state index contributed by atoms with van der Waals surface area (Å²) in [4.78, 5) is 38.0. The maximum absolute atomic E-state index is 13.2. The minimum absolute atomic E-state index is 0.0182. The molecule has 3 aromatic rings. The van der Waals surface area contributed by atoms with Gasteiger partial charge in [-0.05, 0) is 71.1 Å². The highest BCUT2D eigenvalue weighted by Crippen LogP contribution is 2.40. The van der Waals surface area contributed by atoms with E-state index in [1.165, 1.54) is 46.7 Å². The van der Waals surface area contributed by atoms with Crippen molar-refractivity contribution in [2.45, 2.75) is 12.4 Å². The highest BCUT2D eigenvalue weighted by Gasteiger charge is 2.37. The fourth-order valence-corrected chi connectivity index (χ4v) is 5.89. The summed E-state index contributed by atoms with van der Waals surface area (Å²) in [6.07, 6.45) is -8.52. The number of thioether (sulfide) groups is 1. The third-order valence-electron chi connectivity index (χ3n) is 5.70. The van der Waals surface area contributed by atoms with Crippen LogP contribution in [0.5, 0.6) is 0 Å². The van der Waals surface area contributed by atoms with Gasteiger partial charge in [-0.15, -0.1) is 11.3 Å². The van der Waals surface area contributed by atoms with Gasteiger partial charge in [-0.3, -0.25) is 14.5 Å². The van der Waals surface area contributed by atoms with Crippen LogP contribution < -0.4 is 5.32 Å². The highest BCUT2D eigenvalue weighted by atomic mass is 32.2. The standard InChI is InChI=1S/C26H16F6N2O4S3/c27-25(28,29)17-7-15(8-18(10-17)26(30,31)32)16-9-19(40-12-16)11-20-22(36)34(24(39)41-20)6-5-33-21(35)13-1-3-14(4-2-13)23(37)38/h1-4,7-12H,5-6H2,(H,33,35)(H,37,38)/b20-11-. The largest absolute Gasteiger partial charge is 0.478 e. The van der Waals surface area contributed by atoms with Crippen molar-refractivity contribution in [1.82, 2.24) is 10.2 Å². The lowest BCUT2D eigenvalue weighted by Gasteiger charge is -2.14. The number of nitrogens with one attached hydrogen (secondary N) is 1. The number of thiophene rings is 1. The number of carbonyl (C=O) groups excluding carboxylic acids is 2. The van der Waals surface area contributed by atoms with Gasteiger partial charge in [-0.2, -0.15) is 26.3 Å². The van der Waals surface area contributed by atoms with E-state index in [9.17, 15) is 40.7 Å². The van der Waals surface area contributed by atoms with Gasteiger partial charge in [-0.1, -0.05) is 24.0 Å². The second-order valence-corrected chi connectivity index (χ2v) is 11.1. The monoisotopic (exact) mass is 630 g/mol. The van der Waals surface area contributed by atoms with Crippen molar-refractivity contribution in [3.05, 3.63) is 85.9 Å². The Morgan fingerprint density at radius 3 is 2.07 bits per heavy atom. The third kappa shape index (κ3) is 7.15. The number of amides is 2. The Morgan fingerprint density at radius 1 is 0.927 bits per heavy atom. The number of thiocarbonyl (C=S) groups is 1. The van der Waals surface area contributed by atoms with Crippen molar-refractivity contribution in [2.24, 2.45) is 0 Å². The zero-order valence-electron chi connectivity index (χ0n) is 20.3. The number of carboxylic acids is 1. The summed E-state index contributed by atoms with van der Waals surface area (Å²) >= 11 is 7.24. The van der Waals surface area contributed by atoms with Crippen molar-refractivity contribution >= 4 is 63.5 Å². The molecule has 2 aromatic carbocycles. The Balaban J connectivity index is 1.44. The minimum Gasteiger partial charge on any atom is -0.478 e. The molecule has 4 rings (SSSR count). The van der Waals surface area contributed by atoms with Crippen LogP contribution in [0.3, 0.4) is 0 Å². The first-order chi connectivity index (χ1) is 19.1. The van der Waals surface area contributed by atoms with Crippen molar-refractivity contribution in [3.63, 3.8) is 0 Å². The average molecular weight is 631 g/mol. The fraction of sp³-hybridized carbons (Fsp3) is 0.154. The summed E-state index contributed by atoms with van der Waals surface area (Å²) < 4.78 is 79.6. The van der Waals surface area contributed by atoms with Gasteiger partial charge in [0.1, 0.15) is 4.32 Å². The number of benzene rings is 2. The van der Waals surface area contributed by atoms with Gasteiger partial charge in [0.15, 0.2) is 0 Å². The summed E-state index contributed by atoms with van der Waals surface area (Å²) in [6.45, 7) is 0.0561. The second-order valence-electron chi connectivity index (χ2n) is 8.50. The van der Waals surface area contributed by atoms with Crippen LogP contribution in [0, 0.1) is 0 Å². The lowest BCUT2D eigenvalue weighted by atomic mass is 10.0. The molecule has 2 amide bonds. The molecule has 15 heteroatoms. The summed E-state index contributed by atoms with van der Waals surface area (Å²) in [5.74, 6) is -2.10. The molecule has 1 aromatic heterocycles. The van der Waals surface area contributed by atoms with E-state index < -0.39 is 41.3 Å². The molecule has 6 nitrogen and oxygen atoms in total. The first kappa shape index (κ1) is 30.3. The van der Waals surface area contributed by atoms with E-state index in [4.69, 9.17) is 17.3 Å². The summed E-state index contributed by atoms with van der Waals surface area (Å²) in [7, 11) is 0. The zero-order chi connectivity index (χ0) is 30.1. The molecule has 1 fully saturated rings. The molecule has 1 aliphatic rings. The van der Waals surface area contributed by atoms with Gasteiger partial charge >= 0.3 is 18.3 Å². The summed E-state index contributed by atoms with van der Waals surface area (Å²) in [5, 5.41) is 12.9. The molecule has 0 unspecified atom stereocenters. The molecule has 1 aliphatic heterocycles. The summed E-state index contributed by atoms with van der Waals surface area (Å²) in [5.41, 5.74) is -2.78. The van der Waals surface area contributed by atoms with Crippen molar-refractivity contribution in [2.75, 3.05) is 13.1 Å². The molecule has 2 N–H and O–H groups in total. The first-order valence-corrected chi connectivity index (χ1v) is 13.5. The quantitative estimate of drug-likeness (QED) is 0.170. The van der Waals surface area contributed by atoms with Gasteiger partial charge < -0.3 is 10.4 Å². The van der Waals surface area contributed by atoms with E-state index in [2.05, 4.69) is 5.32 Å². The number of carbonyl (C=O) groups is 3. The van der Waals surface area contributed by atoms with Gasteiger partial charge in [0.05, 0.1) is 21.6 Å². The Bertz CT molecular complexity index is 1530. The number of aromatic carboxylic acids is 1. The maximum atomic E-state index is 13.2. The van der Waals surface area contributed by atoms with Gasteiger partial charge in [0.2, 0.25) is 0 Å². The lowest BCUT2D eigenvalue weighted by molar-refractivity contribution is -0.143. The molecule has 0 aliphatic carbocycles. The van der Waals surface area contributed by atoms with Crippen LogP contribution in [0.1, 0.15) is 36.7 Å². The van der Waals surface area contributed by atoms with Crippen LogP contribution >= 0.6 is 35.3 Å². The normalized spacial score (nSPS) is 15.1. The number of hydrogen-bond acceptors (Lipinski definition) is 6. The summed E-state index contributed by atoms with van der Waals surface area (Å²) in [6, 6.07) is 7.96. The van der Waals surface area contributed by atoms with E-state index in [0.717, 1.165) is 23.1 Å². The van der Waals surface area contributed by atoms with E-state index >= 15 is 0 Å². The number of carboxylic acid groups (broad SMARTS) is 1. The molecule has 41 heavy (non-hydrogen) atoms. The van der Waals surface area contributed by atoms with Gasteiger partial charge in [-0.25, -0.2) is 4.79 Å². The molecule has 0 saturated carbocycles. The second kappa shape index (κ2) is 11.7. The topological polar surface area (TPSA) is 86.7 Å². The van der Waals surface area contributed by atoms with Gasteiger partial charge in [0, 0.05) is 23.5 Å². The Morgan fingerprint density at radius 2 is 1.51 bits per heavy atom. The van der Waals surface area contributed by atoms with E-state index in [1.54, 1.807) is 0 Å². The van der Waals surface area contributed by atoms with E-state index in [0.29, 0.717) is 17.0 Å². The van der Waals surface area contributed by atoms with Crippen LogP contribution in [0.4, 0.5) is 26.3 Å². The Kier molecular flexibility index (Phi) is 8.61. The number of nitrogens with zero attached hydrogens (tertiary/aromatic N) is 1. The zero-order valence-corrected chi connectivity index (χ0v) is 22.7. The molecule has 0 spiro atoms. The predicted molar refractivity (Wildman–Crippen MR) is 145 cm³/mol. The number of halogens is 6. The molecular formula is C26H16F6N2O4S3. The SMILES string of the molecule is O=C(O)c1ccc(C(=O)NCCN2C(=O)/C(=C/c3cc(-c4cc(C(F)(F)F)cc(C(F)(F)F)c4)cs3)SC2=S)cc1. The molecule has 0 radical (unpaired) electrons. The van der Waals surface area contributed by atoms with Crippen LogP contribution in [-0.2, 0) is 17.1 Å². The third-order valence-corrected chi connectivity index (χ3v) is 7.96. The van der Waals surface area contributed by atoms with Crippen LogP contribution in [-0.4, -0.2) is 45.2 Å². The molecule has 214 valence electrons. The Labute approximate surface area is 241 Å². The molecule has 0 atom stereocenters. The van der Waals surface area contributed by atoms with Crippen molar-refractivity contribution < 1.29 is 45.8 Å². The molecule has 1 saturated heterocycles. The predicted octanol–water partition coefficient (Wildman–Crippen LogP) is 6.78. The average Bonchev–Trinajstić information content (AvgIpc) is 3.47. The van der Waals surface area contributed by atoms with E-state index in [1.807, 2.05) is 0 Å². The van der Waals surface area contributed by atoms with Crippen LogP contribution in [0.15, 0.2) is 58.8 Å². The first-order valence-electron chi connectivity index (χ1n) is 11.4. The van der Waals surface area contributed by atoms with Crippen LogP contribution in [0.2, 0.25) is 0 Å². The number of rotatable bonds is 7. The number of hydrogen-bond donors (Lipinski definition) is 2.